The summed E-state index contributed by atoms with van der Waals surface area (Å²) in [5.74, 6) is -0.367. The van der Waals surface area contributed by atoms with Crippen LogP contribution >= 0.6 is 22.7 Å². The van der Waals surface area contributed by atoms with Crippen molar-refractivity contribution in [1.29, 1.82) is 0 Å². The molecular weight excluding hydrogens is 452 g/mol. The van der Waals surface area contributed by atoms with Crippen LogP contribution in [0, 0.1) is 0 Å². The van der Waals surface area contributed by atoms with Gasteiger partial charge in [0, 0.05) is 43.5 Å². The minimum atomic E-state index is -3.60. The maximum atomic E-state index is 13.1. The summed E-state index contributed by atoms with van der Waals surface area (Å²) in [6.07, 6.45) is 2.79. The molecule has 2 aromatic heterocycles. The first-order chi connectivity index (χ1) is 14.9. The third-order valence-electron chi connectivity index (χ3n) is 5.16. The van der Waals surface area contributed by atoms with E-state index < -0.39 is 10.0 Å². The van der Waals surface area contributed by atoms with Gasteiger partial charge in [-0.1, -0.05) is 6.42 Å². The second-order valence-corrected chi connectivity index (χ2v) is 11.1. The van der Waals surface area contributed by atoms with Gasteiger partial charge in [0.15, 0.2) is 0 Å². The Bertz CT molecular complexity index is 1160. The van der Waals surface area contributed by atoms with E-state index in [0.717, 1.165) is 35.5 Å². The molecule has 0 unspecified atom stereocenters. The Morgan fingerprint density at radius 2 is 1.90 bits per heavy atom. The number of carbonyl (C=O) groups is 1. The number of benzene rings is 1. The Kier molecular flexibility index (Phi) is 6.42. The van der Waals surface area contributed by atoms with Crippen LogP contribution in [0.4, 0.5) is 11.4 Å². The number of hydrogen-bond donors (Lipinski definition) is 1. The van der Waals surface area contributed by atoms with Crippen molar-refractivity contribution in [2.75, 3.05) is 37.4 Å². The van der Waals surface area contributed by atoms with Crippen molar-refractivity contribution in [2.24, 2.45) is 0 Å². The van der Waals surface area contributed by atoms with E-state index >= 15 is 0 Å². The number of anilines is 2. The first kappa shape index (κ1) is 21.9. The monoisotopic (exact) mass is 476 g/mol. The lowest BCUT2D eigenvalue weighted by atomic mass is 10.2. The Hall–Kier alpha value is -2.27. The average Bonchev–Trinajstić information content (AvgIpc) is 3.46. The molecule has 1 N–H and O–H groups in total. The zero-order valence-corrected chi connectivity index (χ0v) is 19.8. The second-order valence-electron chi connectivity index (χ2n) is 7.54. The molecule has 3 aromatic rings. The zero-order chi connectivity index (χ0) is 22.0. The summed E-state index contributed by atoms with van der Waals surface area (Å²) in [5, 5.41) is 9.31. The molecule has 1 aliphatic heterocycles. The Morgan fingerprint density at radius 1 is 1.13 bits per heavy atom. The molecule has 0 aliphatic carbocycles. The number of thiazole rings is 1. The van der Waals surface area contributed by atoms with Crippen molar-refractivity contribution >= 4 is 50.0 Å². The summed E-state index contributed by atoms with van der Waals surface area (Å²) in [7, 11) is 0.0952. The van der Waals surface area contributed by atoms with Crippen molar-refractivity contribution in [1.82, 2.24) is 9.29 Å². The average molecular weight is 477 g/mol. The van der Waals surface area contributed by atoms with Crippen molar-refractivity contribution < 1.29 is 13.2 Å². The van der Waals surface area contributed by atoms with Crippen LogP contribution < -0.4 is 10.2 Å². The number of piperidine rings is 1. The fraction of sp³-hybridized carbons (Fsp3) is 0.333. The van der Waals surface area contributed by atoms with E-state index in [0.29, 0.717) is 24.5 Å². The highest BCUT2D eigenvalue weighted by Gasteiger charge is 2.27. The first-order valence-corrected chi connectivity index (χ1v) is 13.2. The van der Waals surface area contributed by atoms with Crippen LogP contribution in [0.15, 0.2) is 45.3 Å². The van der Waals surface area contributed by atoms with Crippen LogP contribution in [0.25, 0.3) is 10.6 Å². The third-order valence-corrected chi connectivity index (χ3v) is 8.63. The fourth-order valence-corrected chi connectivity index (χ4v) is 6.56. The quantitative estimate of drug-likeness (QED) is 0.571. The number of thiophene rings is 1. The highest BCUT2D eigenvalue weighted by atomic mass is 32.2. The predicted molar refractivity (Wildman–Crippen MR) is 127 cm³/mol. The number of aromatic nitrogens is 1. The fourth-order valence-electron chi connectivity index (χ4n) is 3.50. The van der Waals surface area contributed by atoms with E-state index in [1.165, 1.54) is 15.6 Å². The predicted octanol–water partition coefficient (Wildman–Crippen LogP) is 4.36. The first-order valence-electron chi connectivity index (χ1n) is 9.97. The van der Waals surface area contributed by atoms with Crippen LogP contribution in [0.5, 0.6) is 0 Å². The van der Waals surface area contributed by atoms with Gasteiger partial charge in [0.2, 0.25) is 10.0 Å². The maximum Gasteiger partial charge on any atom is 0.275 e. The molecule has 0 atom stereocenters. The van der Waals surface area contributed by atoms with Crippen molar-refractivity contribution in [3.63, 3.8) is 0 Å². The summed E-state index contributed by atoms with van der Waals surface area (Å²) in [6.45, 7) is 1.06. The summed E-state index contributed by atoms with van der Waals surface area (Å²) in [5.41, 5.74) is 2.45. The topological polar surface area (TPSA) is 82.6 Å². The molecule has 0 bridgehead atoms. The van der Waals surface area contributed by atoms with Gasteiger partial charge in [-0.2, -0.15) is 15.6 Å². The number of hydrogen-bond acceptors (Lipinski definition) is 7. The Morgan fingerprint density at radius 3 is 2.58 bits per heavy atom. The van der Waals surface area contributed by atoms with Gasteiger partial charge in [-0.25, -0.2) is 13.4 Å². The summed E-state index contributed by atoms with van der Waals surface area (Å²) >= 11 is 2.98. The van der Waals surface area contributed by atoms with Gasteiger partial charge in [-0.3, -0.25) is 4.79 Å². The molecule has 4 rings (SSSR count). The molecule has 1 fully saturated rings. The molecule has 0 radical (unpaired) electrons. The molecule has 10 heteroatoms. The third kappa shape index (κ3) is 4.67. The molecule has 1 aliphatic rings. The summed E-state index contributed by atoms with van der Waals surface area (Å²) in [6, 6.07) is 6.84. The van der Waals surface area contributed by atoms with Crippen molar-refractivity contribution in [3.8, 4) is 10.6 Å². The normalized spacial score (nSPS) is 15.0. The van der Waals surface area contributed by atoms with Crippen molar-refractivity contribution in [3.05, 3.63) is 46.1 Å². The highest BCUT2D eigenvalue weighted by Crippen LogP contribution is 2.31. The van der Waals surface area contributed by atoms with Gasteiger partial charge in [-0.15, -0.1) is 11.3 Å². The van der Waals surface area contributed by atoms with Gasteiger partial charge in [-0.05, 0) is 42.5 Å². The molecule has 0 saturated carbocycles. The van der Waals surface area contributed by atoms with Crippen LogP contribution in [-0.2, 0) is 10.0 Å². The molecule has 1 aromatic carbocycles. The zero-order valence-electron chi connectivity index (χ0n) is 17.4. The van der Waals surface area contributed by atoms with E-state index in [9.17, 15) is 13.2 Å². The van der Waals surface area contributed by atoms with E-state index in [-0.39, 0.29) is 10.8 Å². The van der Waals surface area contributed by atoms with Crippen LogP contribution in [0.1, 0.15) is 29.8 Å². The molecule has 1 saturated heterocycles. The maximum absolute atomic E-state index is 13.1. The smallest absolute Gasteiger partial charge is 0.275 e. The molecule has 31 heavy (non-hydrogen) atoms. The van der Waals surface area contributed by atoms with Crippen LogP contribution in [0.2, 0.25) is 0 Å². The molecule has 0 spiro atoms. The number of amides is 1. The second kappa shape index (κ2) is 9.07. The van der Waals surface area contributed by atoms with Crippen LogP contribution in [0.3, 0.4) is 0 Å². The molecule has 1 amide bonds. The molecule has 3 heterocycles. The van der Waals surface area contributed by atoms with Gasteiger partial charge >= 0.3 is 0 Å². The van der Waals surface area contributed by atoms with E-state index in [1.807, 2.05) is 35.8 Å². The number of nitrogens with one attached hydrogen (secondary N) is 1. The van der Waals surface area contributed by atoms with E-state index in [1.54, 1.807) is 34.9 Å². The standard InChI is InChI=1S/C21H24N4O3S3/c1-24(2)19-7-6-16(31(27,28)25-9-4-3-5-10-25)12-17(19)22-20(26)18-14-30-21(23-18)15-8-11-29-13-15/h6-8,11-14H,3-5,9-10H2,1-2H3,(H,22,26). The van der Waals surface area contributed by atoms with Gasteiger partial charge < -0.3 is 10.2 Å². The van der Waals surface area contributed by atoms with Crippen LogP contribution in [-0.4, -0.2) is 50.8 Å². The molecular formula is C21H24N4O3S3. The lowest BCUT2D eigenvalue weighted by Gasteiger charge is -2.26. The SMILES string of the molecule is CN(C)c1ccc(S(=O)(=O)N2CCCCC2)cc1NC(=O)c1csc(-c2ccsc2)n1. The van der Waals surface area contributed by atoms with Gasteiger partial charge in [0.25, 0.3) is 5.91 Å². The highest BCUT2D eigenvalue weighted by molar-refractivity contribution is 7.89. The Balaban J connectivity index is 1.62. The number of sulfonamides is 1. The lowest BCUT2D eigenvalue weighted by molar-refractivity contribution is 0.102. The summed E-state index contributed by atoms with van der Waals surface area (Å²) in [4.78, 5) is 19.4. The largest absolute Gasteiger partial charge is 0.376 e. The van der Waals surface area contributed by atoms with Crippen molar-refractivity contribution in [2.45, 2.75) is 24.2 Å². The lowest BCUT2D eigenvalue weighted by Crippen LogP contribution is -2.35. The van der Waals surface area contributed by atoms with E-state index in [4.69, 9.17) is 0 Å². The number of carbonyl (C=O) groups excluding carboxylic acids is 1. The van der Waals surface area contributed by atoms with Gasteiger partial charge in [0.05, 0.1) is 16.3 Å². The summed E-state index contributed by atoms with van der Waals surface area (Å²) < 4.78 is 27.7. The molecule has 164 valence electrons. The molecule has 7 nitrogen and oxygen atoms in total. The Labute approximate surface area is 190 Å². The van der Waals surface area contributed by atoms with E-state index in [2.05, 4.69) is 10.3 Å². The minimum absolute atomic E-state index is 0.188. The minimum Gasteiger partial charge on any atom is -0.376 e. The van der Waals surface area contributed by atoms with Gasteiger partial charge in [0.1, 0.15) is 10.7 Å². The number of nitrogens with zero attached hydrogens (tertiary/aromatic N) is 3. The number of rotatable bonds is 6.